The Morgan fingerprint density at radius 1 is 1.26 bits per heavy atom. The number of nitrogens with two attached hydrogens (primary N) is 2. The summed E-state index contributed by atoms with van der Waals surface area (Å²) in [6.07, 6.45) is 3.89. The zero-order chi connectivity index (χ0) is 25.4. The monoisotopic (exact) mass is 477 g/mol. The van der Waals surface area contributed by atoms with Gasteiger partial charge in [-0.05, 0) is 31.0 Å². The number of anilines is 1. The van der Waals surface area contributed by atoms with Gasteiger partial charge in [-0.15, -0.1) is 0 Å². The van der Waals surface area contributed by atoms with Crippen molar-refractivity contribution in [3.05, 3.63) is 70.9 Å². The van der Waals surface area contributed by atoms with E-state index in [0.29, 0.717) is 12.2 Å². The minimum Gasteiger partial charge on any atom is -0.466 e. The molecule has 35 heavy (non-hydrogen) atoms. The van der Waals surface area contributed by atoms with Crippen LogP contribution in [0, 0.1) is 0 Å². The van der Waals surface area contributed by atoms with Crippen molar-refractivity contribution in [3.63, 3.8) is 0 Å². The molecule has 182 valence electrons. The van der Waals surface area contributed by atoms with Crippen LogP contribution in [0.15, 0.2) is 59.2 Å². The smallest absolute Gasteiger partial charge is 0.350 e. The number of carbonyl (C=O) groups is 3. The summed E-state index contributed by atoms with van der Waals surface area (Å²) in [5.41, 5.74) is 10.3. The second kappa shape index (κ2) is 8.95. The molecule has 1 aromatic heterocycles. The van der Waals surface area contributed by atoms with Crippen LogP contribution in [-0.4, -0.2) is 53.8 Å². The van der Waals surface area contributed by atoms with Crippen molar-refractivity contribution in [2.24, 2.45) is 10.7 Å². The number of ether oxygens (including phenoxy) is 2. The summed E-state index contributed by atoms with van der Waals surface area (Å²) >= 11 is 0. The normalized spacial score (nSPS) is 24.3. The fourth-order valence-corrected chi connectivity index (χ4v) is 4.58. The summed E-state index contributed by atoms with van der Waals surface area (Å²) in [5.74, 6) is -1.25. The zero-order valence-electron chi connectivity index (χ0n) is 19.7. The number of Topliss-reactive ketones (excluding diaryl/α,β-unsaturated/α-hetero) is 2. The Hall–Kier alpha value is -4.05. The fraction of sp³-hybridized carbons (Fsp3) is 0.320. The molecule has 5 N–H and O–H groups in total. The first kappa shape index (κ1) is 24.1. The Bertz CT molecular complexity index is 1270. The van der Waals surface area contributed by atoms with Gasteiger partial charge in [0.2, 0.25) is 5.78 Å². The van der Waals surface area contributed by atoms with Crippen molar-refractivity contribution >= 4 is 29.3 Å². The third kappa shape index (κ3) is 3.85. The highest BCUT2D eigenvalue weighted by Crippen LogP contribution is 2.58. The number of methoxy groups -OCH3 is 1. The number of esters is 1. The number of pyridine rings is 1. The summed E-state index contributed by atoms with van der Waals surface area (Å²) < 4.78 is 10.6. The molecule has 2 heterocycles. The molecule has 3 atom stereocenters. The van der Waals surface area contributed by atoms with E-state index in [-0.39, 0.29) is 29.5 Å². The topological polar surface area (TPSA) is 162 Å². The number of hydrogen-bond acceptors (Lipinski definition) is 8. The molecule has 0 spiro atoms. The van der Waals surface area contributed by atoms with Gasteiger partial charge >= 0.3 is 5.97 Å². The lowest BCUT2D eigenvalue weighted by Crippen LogP contribution is -2.50. The van der Waals surface area contributed by atoms with Crippen molar-refractivity contribution in [3.8, 4) is 0 Å². The molecule has 0 saturated carbocycles. The van der Waals surface area contributed by atoms with Gasteiger partial charge in [-0.2, -0.15) is 0 Å². The van der Waals surface area contributed by atoms with E-state index in [4.69, 9.17) is 20.9 Å². The molecule has 1 aliphatic carbocycles. The molecule has 10 heteroatoms. The van der Waals surface area contributed by atoms with Crippen LogP contribution in [0.25, 0.3) is 0 Å². The van der Waals surface area contributed by atoms with E-state index in [1.165, 1.54) is 13.2 Å². The number of carbonyl (C=O) groups excluding carboxylic acids is 3. The van der Waals surface area contributed by atoms with Gasteiger partial charge in [0.15, 0.2) is 17.3 Å². The third-order valence-electron chi connectivity index (χ3n) is 6.46. The number of nitrogens with one attached hydrogen (secondary N) is 1. The first-order valence-electron chi connectivity index (χ1n) is 11.0. The van der Waals surface area contributed by atoms with Gasteiger partial charge in [-0.3, -0.25) is 14.6 Å². The molecule has 10 nitrogen and oxygen atoms in total. The van der Waals surface area contributed by atoms with E-state index in [9.17, 15) is 14.4 Å². The van der Waals surface area contributed by atoms with Gasteiger partial charge in [0, 0.05) is 30.8 Å². The number of nitrogen functional groups attached to an aromatic ring is 1. The van der Waals surface area contributed by atoms with Crippen LogP contribution in [0.4, 0.5) is 5.82 Å². The molecule has 0 amide bonds. The van der Waals surface area contributed by atoms with E-state index in [1.807, 2.05) is 13.0 Å². The lowest BCUT2D eigenvalue weighted by Gasteiger charge is -2.23. The van der Waals surface area contributed by atoms with Crippen LogP contribution in [0.5, 0.6) is 0 Å². The Kier molecular flexibility index (Phi) is 6.16. The minimum absolute atomic E-state index is 0.0232. The molecule has 0 unspecified atom stereocenters. The highest BCUT2D eigenvalue weighted by molar-refractivity contribution is 6.32. The number of guanidine groups is 1. The highest BCUT2D eigenvalue weighted by Gasteiger charge is 2.85. The third-order valence-corrected chi connectivity index (χ3v) is 6.46. The summed E-state index contributed by atoms with van der Waals surface area (Å²) in [5, 5.41) is 3.14. The van der Waals surface area contributed by atoms with Gasteiger partial charge in [0.05, 0.1) is 13.2 Å². The van der Waals surface area contributed by atoms with Crippen molar-refractivity contribution in [1.82, 2.24) is 10.3 Å². The average Bonchev–Trinajstić information content (AvgIpc) is 3.57. The van der Waals surface area contributed by atoms with E-state index in [0.717, 1.165) is 11.1 Å². The predicted octanol–water partition coefficient (Wildman–Crippen LogP) is 1.73. The number of aromatic nitrogens is 1. The molecule has 1 fully saturated rings. The first-order chi connectivity index (χ1) is 16.7. The standard InChI is InChI=1S/C25H27N5O5/c1-14(12-18(30-23(27)28-2)15-9-11-29-19(26)13-15)8-10-24-20(31)16-6-4-5-7-17(16)21(32)25(24,35-24)22(33)34-3/h4-9,11,13,18H,10,12H2,1-3H3,(H2,26,29)(H3,27,28,30)/b14-8+/t18-,24-,25-/m0/s1. The molecule has 1 aliphatic heterocycles. The summed E-state index contributed by atoms with van der Waals surface area (Å²) in [6, 6.07) is 9.66. The lowest BCUT2D eigenvalue weighted by atomic mass is 9.72. The Balaban J connectivity index is 1.64. The maximum atomic E-state index is 13.4. The van der Waals surface area contributed by atoms with E-state index in [2.05, 4.69) is 15.3 Å². The number of rotatable bonds is 7. The molecule has 1 saturated heterocycles. The number of hydrogen-bond donors (Lipinski definition) is 3. The van der Waals surface area contributed by atoms with Crippen LogP contribution >= 0.6 is 0 Å². The molecule has 4 rings (SSSR count). The molecule has 2 aliphatic rings. The van der Waals surface area contributed by atoms with E-state index in [1.54, 1.807) is 43.6 Å². The summed E-state index contributed by atoms with van der Waals surface area (Å²) in [4.78, 5) is 47.4. The van der Waals surface area contributed by atoms with Gasteiger partial charge in [-0.1, -0.05) is 35.9 Å². The van der Waals surface area contributed by atoms with Crippen molar-refractivity contribution in [2.45, 2.75) is 37.0 Å². The fourth-order valence-electron chi connectivity index (χ4n) is 4.58. The van der Waals surface area contributed by atoms with Crippen molar-refractivity contribution in [2.75, 3.05) is 19.9 Å². The Morgan fingerprint density at radius 3 is 2.57 bits per heavy atom. The van der Waals surface area contributed by atoms with Gasteiger partial charge in [-0.25, -0.2) is 9.78 Å². The second-order valence-corrected chi connectivity index (χ2v) is 8.58. The van der Waals surface area contributed by atoms with E-state index >= 15 is 0 Å². The Morgan fingerprint density at radius 2 is 1.94 bits per heavy atom. The number of benzene rings is 1. The van der Waals surface area contributed by atoms with Crippen LogP contribution in [0.2, 0.25) is 0 Å². The quantitative estimate of drug-likeness (QED) is 0.135. The number of epoxide rings is 1. The maximum Gasteiger partial charge on any atom is 0.350 e. The molecular formula is C25H27N5O5. The van der Waals surface area contributed by atoms with Crippen molar-refractivity contribution < 1.29 is 23.9 Å². The predicted molar refractivity (Wildman–Crippen MR) is 129 cm³/mol. The van der Waals surface area contributed by atoms with Gasteiger partial charge in [0.1, 0.15) is 5.82 Å². The molecule has 0 radical (unpaired) electrons. The molecule has 2 aromatic rings. The van der Waals surface area contributed by atoms with Gasteiger partial charge in [0.25, 0.3) is 5.60 Å². The largest absolute Gasteiger partial charge is 0.466 e. The second-order valence-electron chi connectivity index (χ2n) is 8.58. The van der Waals surface area contributed by atoms with Gasteiger partial charge < -0.3 is 26.3 Å². The molecule has 1 aromatic carbocycles. The molecule has 0 bridgehead atoms. The number of ketones is 2. The number of aliphatic imine (C=N–C) groups is 1. The summed E-state index contributed by atoms with van der Waals surface area (Å²) in [6.45, 7) is 1.88. The highest BCUT2D eigenvalue weighted by atomic mass is 16.7. The maximum absolute atomic E-state index is 13.4. The minimum atomic E-state index is -1.97. The number of nitrogens with zero attached hydrogens (tertiary/aromatic N) is 2. The van der Waals surface area contributed by atoms with Crippen LogP contribution in [0.1, 0.15) is 52.1 Å². The Labute approximate surface area is 202 Å². The van der Waals surface area contributed by atoms with Crippen molar-refractivity contribution in [1.29, 1.82) is 0 Å². The number of fused-ring (bicyclic) bond motifs is 2. The summed E-state index contributed by atoms with van der Waals surface area (Å²) in [7, 11) is 2.74. The SMILES string of the molecule is CN=C(N)N[C@@H](C/C(C)=C/C[C@@]12O[C@]1(C(=O)OC)C(=O)c1ccccc1C2=O)c1ccnc(N)c1. The van der Waals surface area contributed by atoms with Crippen LogP contribution < -0.4 is 16.8 Å². The van der Waals surface area contributed by atoms with E-state index < -0.39 is 28.7 Å². The zero-order valence-corrected chi connectivity index (χ0v) is 19.7. The van der Waals surface area contributed by atoms with Crippen LogP contribution in [0.3, 0.4) is 0 Å². The first-order valence-corrected chi connectivity index (χ1v) is 11.0. The average molecular weight is 478 g/mol. The lowest BCUT2D eigenvalue weighted by molar-refractivity contribution is -0.145. The molecular weight excluding hydrogens is 450 g/mol. The van der Waals surface area contributed by atoms with Crippen LogP contribution in [-0.2, 0) is 14.3 Å².